The van der Waals surface area contributed by atoms with Gasteiger partial charge < -0.3 is 14.5 Å². The van der Waals surface area contributed by atoms with Crippen LogP contribution in [0.2, 0.25) is 0 Å². The molecule has 0 saturated carbocycles. The van der Waals surface area contributed by atoms with E-state index in [1.807, 2.05) is 54.2 Å². The van der Waals surface area contributed by atoms with Gasteiger partial charge in [0.25, 0.3) is 0 Å². The number of aromatic nitrogens is 2. The van der Waals surface area contributed by atoms with Gasteiger partial charge in [0, 0.05) is 44.9 Å². The molecule has 0 N–H and O–H groups in total. The van der Waals surface area contributed by atoms with Gasteiger partial charge in [0.1, 0.15) is 11.6 Å². The second-order valence-electron chi connectivity index (χ2n) is 8.58. The molecule has 1 aliphatic heterocycles. The van der Waals surface area contributed by atoms with E-state index in [0.717, 1.165) is 47.5 Å². The molecular weight excluding hydrogens is 419 g/mol. The van der Waals surface area contributed by atoms with Gasteiger partial charge >= 0.3 is 0 Å². The summed E-state index contributed by atoms with van der Waals surface area (Å²) < 4.78 is 19.2. The van der Waals surface area contributed by atoms with Crippen molar-refractivity contribution in [2.75, 3.05) is 39.2 Å². The Bertz CT molecular complexity index is 1130. The van der Waals surface area contributed by atoms with Gasteiger partial charge in [-0.1, -0.05) is 24.3 Å². The van der Waals surface area contributed by atoms with Crippen LogP contribution in [0.15, 0.2) is 54.7 Å². The van der Waals surface area contributed by atoms with Crippen LogP contribution in [0, 0.1) is 5.82 Å². The number of nitrogens with zero attached hydrogens (tertiary/aromatic N) is 4. The van der Waals surface area contributed by atoms with Crippen LogP contribution in [0.4, 0.5) is 10.3 Å². The predicted octanol–water partition coefficient (Wildman–Crippen LogP) is 4.31. The van der Waals surface area contributed by atoms with Crippen LogP contribution in [-0.2, 0) is 11.2 Å². The smallest absolute Gasteiger partial charge is 0.227 e. The Morgan fingerprint density at radius 1 is 1.21 bits per heavy atom. The van der Waals surface area contributed by atoms with Crippen LogP contribution in [0.25, 0.3) is 11.1 Å². The maximum atomic E-state index is 14.0. The Kier molecular flexibility index (Phi) is 6.87. The lowest BCUT2D eigenvalue weighted by atomic mass is 9.89. The minimum atomic E-state index is -0.297. The minimum Gasteiger partial charge on any atom is -0.497 e. The normalized spacial score (nSPS) is 15.9. The topological polar surface area (TPSA) is 58.6 Å². The fourth-order valence-corrected chi connectivity index (χ4v) is 4.29. The number of ether oxygens (including phenoxy) is 1. The maximum absolute atomic E-state index is 14.0. The second-order valence-corrected chi connectivity index (χ2v) is 8.58. The third-order valence-corrected chi connectivity index (χ3v) is 5.99. The van der Waals surface area contributed by atoms with Gasteiger partial charge in [0.05, 0.1) is 19.2 Å². The molecule has 2 aromatic carbocycles. The molecule has 7 heteroatoms. The number of hydrogen-bond donors (Lipinski definition) is 0. The second kappa shape index (κ2) is 9.98. The molecule has 1 aromatic heterocycles. The summed E-state index contributed by atoms with van der Waals surface area (Å²) in [6.07, 6.45) is 3.89. The molecule has 0 spiro atoms. The number of methoxy groups -OCH3 is 1. The van der Waals surface area contributed by atoms with E-state index in [9.17, 15) is 9.18 Å². The van der Waals surface area contributed by atoms with E-state index >= 15 is 0 Å². The fourth-order valence-electron chi connectivity index (χ4n) is 4.29. The summed E-state index contributed by atoms with van der Waals surface area (Å²) in [5.74, 6) is 1.18. The van der Waals surface area contributed by atoms with Gasteiger partial charge in [-0.2, -0.15) is 0 Å². The molecule has 0 radical (unpaired) electrons. The number of likely N-dealkylation sites (tertiary alicyclic amines) is 1. The number of amides is 1. The lowest BCUT2D eigenvalue weighted by molar-refractivity contribution is -0.131. The standard InChI is InChI=1S/C26H29FN4O2/c1-30(2)26-28-16-23(19-8-5-10-21(27)15-19)25(29-26)20-9-6-12-31(17-20)24(32)14-18-7-4-11-22(13-18)33-3/h4-5,7-8,10-11,13,15-16,20H,6,9,12,14,17H2,1-3H3/t20-/m0/s1. The molecule has 0 aliphatic carbocycles. The van der Waals surface area contributed by atoms with Crippen LogP contribution < -0.4 is 9.64 Å². The minimum absolute atomic E-state index is 0.0491. The van der Waals surface area contributed by atoms with Gasteiger partial charge in [-0.25, -0.2) is 14.4 Å². The Morgan fingerprint density at radius 2 is 2.03 bits per heavy atom. The number of carbonyl (C=O) groups is 1. The lowest BCUT2D eigenvalue weighted by Gasteiger charge is -2.33. The number of piperidine rings is 1. The molecule has 1 atom stereocenters. The van der Waals surface area contributed by atoms with Crippen molar-refractivity contribution in [3.8, 4) is 16.9 Å². The summed E-state index contributed by atoms with van der Waals surface area (Å²) in [4.78, 5) is 26.2. The summed E-state index contributed by atoms with van der Waals surface area (Å²) >= 11 is 0. The lowest BCUT2D eigenvalue weighted by Crippen LogP contribution is -2.40. The van der Waals surface area contributed by atoms with Crippen molar-refractivity contribution in [3.63, 3.8) is 0 Å². The highest BCUT2D eigenvalue weighted by molar-refractivity contribution is 5.79. The largest absolute Gasteiger partial charge is 0.497 e. The van der Waals surface area contributed by atoms with Crippen LogP contribution in [-0.4, -0.2) is 55.1 Å². The Balaban J connectivity index is 1.60. The Hall–Kier alpha value is -3.48. The number of rotatable bonds is 6. The molecule has 1 aliphatic rings. The first kappa shape index (κ1) is 22.7. The molecule has 33 heavy (non-hydrogen) atoms. The highest BCUT2D eigenvalue weighted by atomic mass is 19.1. The van der Waals surface area contributed by atoms with E-state index in [-0.39, 0.29) is 17.6 Å². The van der Waals surface area contributed by atoms with Crippen LogP contribution in [0.1, 0.15) is 30.0 Å². The molecule has 4 rings (SSSR count). The van der Waals surface area contributed by atoms with Crippen LogP contribution in [0.5, 0.6) is 5.75 Å². The van der Waals surface area contributed by atoms with Crippen molar-refractivity contribution in [2.24, 2.45) is 0 Å². The van der Waals surface area contributed by atoms with E-state index < -0.39 is 0 Å². The molecule has 1 saturated heterocycles. The quantitative estimate of drug-likeness (QED) is 0.563. The molecule has 1 amide bonds. The van der Waals surface area contributed by atoms with Crippen molar-refractivity contribution < 1.29 is 13.9 Å². The van der Waals surface area contributed by atoms with Crippen molar-refractivity contribution in [3.05, 3.63) is 71.8 Å². The number of halogens is 1. The van der Waals surface area contributed by atoms with Gasteiger partial charge in [0.2, 0.25) is 11.9 Å². The van der Waals surface area contributed by atoms with Gasteiger partial charge in [-0.15, -0.1) is 0 Å². The third kappa shape index (κ3) is 5.30. The first-order valence-corrected chi connectivity index (χ1v) is 11.2. The first-order chi connectivity index (χ1) is 15.9. The van der Waals surface area contributed by atoms with Crippen LogP contribution >= 0.6 is 0 Å². The summed E-state index contributed by atoms with van der Waals surface area (Å²) in [5, 5.41) is 0. The van der Waals surface area contributed by atoms with Crippen molar-refractivity contribution in [1.82, 2.24) is 14.9 Å². The summed E-state index contributed by atoms with van der Waals surface area (Å²) in [5.41, 5.74) is 3.35. The average Bonchev–Trinajstić information content (AvgIpc) is 2.83. The zero-order valence-electron chi connectivity index (χ0n) is 19.3. The number of hydrogen-bond acceptors (Lipinski definition) is 5. The van der Waals surface area contributed by atoms with E-state index in [1.165, 1.54) is 12.1 Å². The molecule has 2 heterocycles. The van der Waals surface area contributed by atoms with E-state index in [4.69, 9.17) is 9.72 Å². The van der Waals surface area contributed by atoms with Crippen molar-refractivity contribution in [2.45, 2.75) is 25.2 Å². The summed E-state index contributed by atoms with van der Waals surface area (Å²) in [7, 11) is 5.41. The fraction of sp³-hybridized carbons (Fsp3) is 0.346. The number of benzene rings is 2. The zero-order chi connectivity index (χ0) is 23.4. The molecule has 172 valence electrons. The van der Waals surface area contributed by atoms with Gasteiger partial charge in [-0.3, -0.25) is 4.79 Å². The zero-order valence-corrected chi connectivity index (χ0v) is 19.3. The number of anilines is 1. The Labute approximate surface area is 194 Å². The summed E-state index contributed by atoms with van der Waals surface area (Å²) in [6.45, 7) is 1.30. The molecule has 0 unspecified atom stereocenters. The SMILES string of the molecule is COc1cccc(CC(=O)N2CCC[C@H](c3nc(N(C)C)ncc3-c3cccc(F)c3)C2)c1. The third-order valence-electron chi connectivity index (χ3n) is 5.99. The summed E-state index contributed by atoms with van der Waals surface area (Å²) in [6, 6.07) is 14.1. The molecule has 6 nitrogen and oxygen atoms in total. The molecule has 3 aromatic rings. The van der Waals surface area contributed by atoms with E-state index in [2.05, 4.69) is 4.98 Å². The van der Waals surface area contributed by atoms with Crippen molar-refractivity contribution >= 4 is 11.9 Å². The maximum Gasteiger partial charge on any atom is 0.227 e. The molecule has 0 bridgehead atoms. The van der Waals surface area contributed by atoms with E-state index in [1.54, 1.807) is 19.4 Å². The first-order valence-electron chi connectivity index (χ1n) is 11.2. The number of carbonyl (C=O) groups excluding carboxylic acids is 1. The van der Waals surface area contributed by atoms with Gasteiger partial charge in [-0.05, 0) is 48.2 Å². The highest BCUT2D eigenvalue weighted by Crippen LogP contribution is 2.34. The van der Waals surface area contributed by atoms with Crippen LogP contribution in [0.3, 0.4) is 0 Å². The molecular formula is C26H29FN4O2. The highest BCUT2D eigenvalue weighted by Gasteiger charge is 2.28. The van der Waals surface area contributed by atoms with Gasteiger partial charge in [0.15, 0.2) is 0 Å². The average molecular weight is 449 g/mol. The Morgan fingerprint density at radius 3 is 2.79 bits per heavy atom. The predicted molar refractivity (Wildman–Crippen MR) is 127 cm³/mol. The monoisotopic (exact) mass is 448 g/mol. The van der Waals surface area contributed by atoms with Crippen molar-refractivity contribution in [1.29, 1.82) is 0 Å². The van der Waals surface area contributed by atoms with E-state index in [0.29, 0.717) is 18.9 Å². The molecule has 1 fully saturated rings.